The average Bonchev–Trinajstić information content (AvgIpc) is 2.43. The van der Waals surface area contributed by atoms with Crippen LogP contribution < -0.4 is 11.1 Å². The molecule has 2 aromatic rings. The number of carboxylic acid groups (broad SMARTS) is 1. The first-order chi connectivity index (χ1) is 9.88. The Morgan fingerprint density at radius 2 is 1.81 bits per heavy atom. The van der Waals surface area contributed by atoms with E-state index in [0.717, 1.165) is 23.8 Å². The van der Waals surface area contributed by atoms with E-state index in [-0.39, 0.29) is 11.3 Å². The van der Waals surface area contributed by atoms with Crippen LogP contribution in [0, 0.1) is 12.7 Å². The molecule has 2 aromatic carbocycles. The number of nitrogen functional groups attached to an aromatic ring is 1. The highest BCUT2D eigenvalue weighted by atomic mass is 19.1. The van der Waals surface area contributed by atoms with E-state index in [4.69, 9.17) is 10.8 Å². The largest absolute Gasteiger partial charge is 0.478 e. The smallest absolute Gasteiger partial charge is 0.335 e. The Hall–Kier alpha value is -2.89. The van der Waals surface area contributed by atoms with Crippen molar-refractivity contribution in [1.82, 2.24) is 0 Å². The van der Waals surface area contributed by atoms with Gasteiger partial charge in [0.2, 0.25) is 0 Å². The standard InChI is InChI=1S/C15H13FN2O3/c1-8-6-9(3-5-12(8)17)14(19)18-13-7-10(15(20)21)2-4-11(13)16/h2-7H,17H2,1H3,(H,18,19)(H,20,21). The van der Waals surface area contributed by atoms with Gasteiger partial charge in [-0.1, -0.05) is 0 Å². The minimum Gasteiger partial charge on any atom is -0.478 e. The van der Waals surface area contributed by atoms with Crippen molar-refractivity contribution in [3.63, 3.8) is 0 Å². The van der Waals surface area contributed by atoms with Crippen LogP contribution in [0.15, 0.2) is 36.4 Å². The van der Waals surface area contributed by atoms with Crippen LogP contribution >= 0.6 is 0 Å². The minimum absolute atomic E-state index is 0.111. The van der Waals surface area contributed by atoms with Crippen molar-refractivity contribution in [2.45, 2.75) is 6.92 Å². The molecule has 0 heterocycles. The summed E-state index contributed by atoms with van der Waals surface area (Å²) in [7, 11) is 0. The SMILES string of the molecule is Cc1cc(C(=O)Nc2cc(C(=O)O)ccc2F)ccc1N. The summed E-state index contributed by atoms with van der Waals surface area (Å²) in [6.07, 6.45) is 0. The normalized spacial score (nSPS) is 10.2. The summed E-state index contributed by atoms with van der Waals surface area (Å²) >= 11 is 0. The fraction of sp³-hybridized carbons (Fsp3) is 0.0667. The molecule has 0 spiro atoms. The van der Waals surface area contributed by atoms with E-state index in [1.807, 2.05) is 0 Å². The van der Waals surface area contributed by atoms with E-state index in [9.17, 15) is 14.0 Å². The topological polar surface area (TPSA) is 92.4 Å². The number of nitrogens with one attached hydrogen (secondary N) is 1. The molecule has 0 aliphatic heterocycles. The van der Waals surface area contributed by atoms with Crippen molar-refractivity contribution < 1.29 is 19.1 Å². The Balaban J connectivity index is 2.28. The fourth-order valence-corrected chi connectivity index (χ4v) is 1.77. The Morgan fingerprint density at radius 3 is 2.43 bits per heavy atom. The van der Waals surface area contributed by atoms with E-state index < -0.39 is 17.7 Å². The van der Waals surface area contributed by atoms with Gasteiger partial charge >= 0.3 is 5.97 Å². The third kappa shape index (κ3) is 3.17. The number of hydrogen-bond acceptors (Lipinski definition) is 3. The van der Waals surface area contributed by atoms with Gasteiger partial charge in [0.1, 0.15) is 5.82 Å². The molecule has 5 nitrogen and oxygen atoms in total. The van der Waals surface area contributed by atoms with Crippen molar-refractivity contribution in [2.24, 2.45) is 0 Å². The Bertz CT molecular complexity index is 729. The van der Waals surface area contributed by atoms with E-state index in [1.165, 1.54) is 6.07 Å². The van der Waals surface area contributed by atoms with Crippen LogP contribution in [0.25, 0.3) is 0 Å². The second-order valence-corrected chi connectivity index (χ2v) is 4.53. The number of carbonyl (C=O) groups excluding carboxylic acids is 1. The highest BCUT2D eigenvalue weighted by molar-refractivity contribution is 6.05. The first-order valence-electron chi connectivity index (χ1n) is 6.09. The van der Waals surface area contributed by atoms with E-state index in [2.05, 4.69) is 5.32 Å². The van der Waals surface area contributed by atoms with Gasteiger partial charge in [-0.2, -0.15) is 0 Å². The first kappa shape index (κ1) is 14.5. The number of benzene rings is 2. The summed E-state index contributed by atoms with van der Waals surface area (Å²) in [5.74, 6) is -2.45. The predicted octanol–water partition coefficient (Wildman–Crippen LogP) is 2.67. The van der Waals surface area contributed by atoms with Crippen LogP contribution in [0.4, 0.5) is 15.8 Å². The molecule has 21 heavy (non-hydrogen) atoms. The molecule has 0 aliphatic carbocycles. The number of anilines is 2. The molecular formula is C15H13FN2O3. The zero-order valence-corrected chi connectivity index (χ0v) is 11.2. The highest BCUT2D eigenvalue weighted by Crippen LogP contribution is 2.19. The quantitative estimate of drug-likeness (QED) is 0.757. The summed E-state index contributed by atoms with van der Waals surface area (Å²) in [6, 6.07) is 7.85. The van der Waals surface area contributed by atoms with Crippen LogP contribution in [0.1, 0.15) is 26.3 Å². The zero-order valence-electron chi connectivity index (χ0n) is 11.2. The lowest BCUT2D eigenvalue weighted by Crippen LogP contribution is -2.14. The summed E-state index contributed by atoms with van der Waals surface area (Å²) in [5.41, 5.74) is 6.94. The fourth-order valence-electron chi connectivity index (χ4n) is 1.77. The van der Waals surface area contributed by atoms with Crippen LogP contribution in [0.5, 0.6) is 0 Å². The van der Waals surface area contributed by atoms with Gasteiger partial charge in [-0.3, -0.25) is 4.79 Å². The molecule has 2 rings (SSSR count). The molecule has 4 N–H and O–H groups in total. The van der Waals surface area contributed by atoms with Gasteiger partial charge < -0.3 is 16.2 Å². The lowest BCUT2D eigenvalue weighted by molar-refractivity contribution is 0.0696. The number of nitrogens with two attached hydrogens (primary N) is 1. The Labute approximate surface area is 120 Å². The molecule has 0 saturated carbocycles. The number of halogens is 1. The molecule has 0 bridgehead atoms. The van der Waals surface area contributed by atoms with Crippen molar-refractivity contribution in [2.75, 3.05) is 11.1 Å². The summed E-state index contributed by atoms with van der Waals surface area (Å²) in [4.78, 5) is 22.9. The van der Waals surface area contributed by atoms with Crippen LogP contribution in [-0.2, 0) is 0 Å². The van der Waals surface area contributed by atoms with Gasteiger partial charge in [0, 0.05) is 11.3 Å². The second-order valence-electron chi connectivity index (χ2n) is 4.53. The van der Waals surface area contributed by atoms with Crippen molar-refractivity contribution in [3.8, 4) is 0 Å². The molecule has 108 valence electrons. The molecule has 6 heteroatoms. The average molecular weight is 288 g/mol. The van der Waals surface area contributed by atoms with Gasteiger partial charge in [0.15, 0.2) is 0 Å². The molecule has 0 atom stereocenters. The van der Waals surface area contributed by atoms with Gasteiger partial charge in [-0.05, 0) is 48.9 Å². The van der Waals surface area contributed by atoms with Crippen LogP contribution in [-0.4, -0.2) is 17.0 Å². The monoisotopic (exact) mass is 288 g/mol. The van der Waals surface area contributed by atoms with Crippen LogP contribution in [0.3, 0.4) is 0 Å². The lowest BCUT2D eigenvalue weighted by Gasteiger charge is -2.09. The van der Waals surface area contributed by atoms with Crippen molar-refractivity contribution in [3.05, 3.63) is 58.9 Å². The van der Waals surface area contributed by atoms with Crippen molar-refractivity contribution >= 4 is 23.3 Å². The van der Waals surface area contributed by atoms with E-state index >= 15 is 0 Å². The summed E-state index contributed by atoms with van der Waals surface area (Å²) in [6.45, 7) is 1.75. The number of aromatic carboxylic acids is 1. The van der Waals surface area contributed by atoms with Gasteiger partial charge in [-0.15, -0.1) is 0 Å². The molecule has 0 aromatic heterocycles. The lowest BCUT2D eigenvalue weighted by atomic mass is 10.1. The van der Waals surface area contributed by atoms with Crippen molar-refractivity contribution in [1.29, 1.82) is 0 Å². The maximum Gasteiger partial charge on any atom is 0.335 e. The summed E-state index contributed by atoms with van der Waals surface area (Å²) in [5, 5.41) is 11.2. The van der Waals surface area contributed by atoms with Gasteiger partial charge in [-0.25, -0.2) is 9.18 Å². The zero-order chi connectivity index (χ0) is 15.6. The first-order valence-corrected chi connectivity index (χ1v) is 6.09. The molecule has 0 fully saturated rings. The molecule has 1 amide bonds. The summed E-state index contributed by atoms with van der Waals surface area (Å²) < 4.78 is 13.6. The third-order valence-electron chi connectivity index (χ3n) is 2.99. The van der Waals surface area contributed by atoms with E-state index in [1.54, 1.807) is 19.1 Å². The van der Waals surface area contributed by atoms with Crippen LogP contribution in [0.2, 0.25) is 0 Å². The second kappa shape index (κ2) is 5.62. The third-order valence-corrected chi connectivity index (χ3v) is 2.99. The molecule has 0 saturated heterocycles. The number of carboxylic acids is 1. The number of aryl methyl sites for hydroxylation is 1. The molecular weight excluding hydrogens is 275 g/mol. The number of carbonyl (C=O) groups is 2. The maximum atomic E-state index is 13.6. The highest BCUT2D eigenvalue weighted by Gasteiger charge is 2.13. The Morgan fingerprint density at radius 1 is 1.14 bits per heavy atom. The Kier molecular flexibility index (Phi) is 3.89. The number of amides is 1. The van der Waals surface area contributed by atoms with Gasteiger partial charge in [0.25, 0.3) is 5.91 Å². The molecule has 0 aliphatic rings. The predicted molar refractivity (Wildman–Crippen MR) is 76.9 cm³/mol. The number of hydrogen-bond donors (Lipinski definition) is 3. The number of rotatable bonds is 3. The maximum absolute atomic E-state index is 13.6. The minimum atomic E-state index is -1.20. The molecule has 0 radical (unpaired) electrons. The van der Waals surface area contributed by atoms with E-state index in [0.29, 0.717) is 11.3 Å². The van der Waals surface area contributed by atoms with Gasteiger partial charge in [0.05, 0.1) is 11.3 Å². The molecule has 0 unspecified atom stereocenters.